The molecule has 35 heavy (non-hydrogen) atoms. The summed E-state index contributed by atoms with van der Waals surface area (Å²) in [7, 11) is 0. The second-order valence-corrected chi connectivity index (χ2v) is 8.79. The highest BCUT2D eigenvalue weighted by Gasteiger charge is 2.33. The Morgan fingerprint density at radius 1 is 1.06 bits per heavy atom. The zero-order valence-corrected chi connectivity index (χ0v) is 20.1. The molecule has 5 nitrogen and oxygen atoms in total. The van der Waals surface area contributed by atoms with Gasteiger partial charge in [-0.15, -0.1) is 0 Å². The zero-order valence-electron chi connectivity index (χ0n) is 19.3. The minimum absolute atomic E-state index is 0.0496. The lowest BCUT2D eigenvalue weighted by molar-refractivity contribution is -0.138. The number of carbonyl (C=O) groups is 1. The van der Waals surface area contributed by atoms with Crippen molar-refractivity contribution in [1.82, 2.24) is 0 Å². The van der Waals surface area contributed by atoms with Crippen LogP contribution in [0.25, 0.3) is 6.08 Å². The van der Waals surface area contributed by atoms with Gasteiger partial charge in [-0.25, -0.2) is 14.2 Å². The molecule has 0 spiro atoms. The number of esters is 1. The number of aliphatic hydroxyl groups is 1. The van der Waals surface area contributed by atoms with Crippen molar-refractivity contribution in [2.75, 3.05) is 6.61 Å². The van der Waals surface area contributed by atoms with Crippen LogP contribution in [-0.4, -0.2) is 22.7 Å². The number of aliphatic hydroxyl groups excluding tert-OH is 1. The first-order valence-electron chi connectivity index (χ1n) is 11.1. The number of aryl methyl sites for hydroxylation is 1. The first kappa shape index (κ1) is 24.3. The van der Waals surface area contributed by atoms with Crippen LogP contribution in [0.5, 0.6) is 5.75 Å². The first-order chi connectivity index (χ1) is 16.9. The highest BCUT2D eigenvalue weighted by molar-refractivity contribution is 8.18. The van der Waals surface area contributed by atoms with Crippen molar-refractivity contribution >= 4 is 34.5 Å². The molecule has 0 saturated carbocycles. The van der Waals surface area contributed by atoms with Gasteiger partial charge in [-0.05, 0) is 55.8 Å². The summed E-state index contributed by atoms with van der Waals surface area (Å²) < 4.78 is 24.6. The van der Waals surface area contributed by atoms with Crippen molar-refractivity contribution in [2.24, 2.45) is 4.99 Å². The van der Waals surface area contributed by atoms with Crippen LogP contribution in [0.15, 0.2) is 94.0 Å². The predicted octanol–water partition coefficient (Wildman–Crippen LogP) is 6.91. The molecule has 0 fully saturated rings. The predicted molar refractivity (Wildman–Crippen MR) is 137 cm³/mol. The average Bonchev–Trinajstić information content (AvgIpc) is 3.15. The van der Waals surface area contributed by atoms with Crippen LogP contribution >= 0.6 is 11.8 Å². The Bertz CT molecular complexity index is 1310. The lowest BCUT2D eigenvalue weighted by atomic mass is 10.1. The maximum absolute atomic E-state index is 13.8. The molecule has 0 aromatic heterocycles. The minimum Gasteiger partial charge on any atom is -0.506 e. The second kappa shape index (κ2) is 11.1. The van der Waals surface area contributed by atoms with Crippen molar-refractivity contribution in [3.8, 4) is 5.75 Å². The van der Waals surface area contributed by atoms with Gasteiger partial charge in [0.25, 0.3) is 0 Å². The molecule has 0 bridgehead atoms. The number of nitrogens with zero attached hydrogens (tertiary/aromatic N) is 1. The smallest absolute Gasteiger partial charge is 0.344 e. The van der Waals surface area contributed by atoms with E-state index in [1.807, 2.05) is 43.3 Å². The lowest BCUT2D eigenvalue weighted by Crippen LogP contribution is -2.12. The largest absolute Gasteiger partial charge is 0.506 e. The minimum atomic E-state index is -0.622. The Balaban J connectivity index is 1.55. The van der Waals surface area contributed by atoms with Gasteiger partial charge in [0.15, 0.2) is 0 Å². The van der Waals surface area contributed by atoms with E-state index < -0.39 is 5.97 Å². The van der Waals surface area contributed by atoms with Crippen molar-refractivity contribution in [3.63, 3.8) is 0 Å². The van der Waals surface area contributed by atoms with E-state index in [0.29, 0.717) is 26.9 Å². The van der Waals surface area contributed by atoms with E-state index in [0.717, 1.165) is 11.1 Å². The van der Waals surface area contributed by atoms with E-state index in [-0.39, 0.29) is 30.4 Å². The lowest BCUT2D eigenvalue weighted by Gasteiger charge is -2.07. The molecule has 0 aliphatic carbocycles. The van der Waals surface area contributed by atoms with Crippen LogP contribution in [-0.2, 0) is 16.1 Å². The molecule has 4 rings (SSSR count). The van der Waals surface area contributed by atoms with Crippen molar-refractivity contribution in [1.29, 1.82) is 0 Å². The fraction of sp³-hybridized carbons (Fsp3) is 0.143. The van der Waals surface area contributed by atoms with Crippen LogP contribution in [0.1, 0.15) is 23.6 Å². The first-order valence-corrected chi connectivity index (χ1v) is 11.9. The maximum Gasteiger partial charge on any atom is 0.344 e. The summed E-state index contributed by atoms with van der Waals surface area (Å²) >= 11 is 1.20. The summed E-state index contributed by atoms with van der Waals surface area (Å²) in [4.78, 5) is 17.6. The standard InChI is InChI=1S/C28H24FNO4S/c1-3-33-28(32)25-26(31)24(35-27(25)30-21-12-8-18(2)9-13-21)16-19-10-14-22(15-11-19)34-17-20-6-4-5-7-23(20)29/h4-16,31H,3,17H2,1-2H3/b24-16+,30-27?. The van der Waals surface area contributed by atoms with Crippen LogP contribution in [0, 0.1) is 12.7 Å². The monoisotopic (exact) mass is 489 g/mol. The van der Waals surface area contributed by atoms with Gasteiger partial charge in [0.2, 0.25) is 0 Å². The summed E-state index contributed by atoms with van der Waals surface area (Å²) in [5.41, 5.74) is 3.08. The van der Waals surface area contributed by atoms with Crippen LogP contribution in [0.2, 0.25) is 0 Å². The third-order valence-corrected chi connectivity index (χ3v) is 6.18. The van der Waals surface area contributed by atoms with Crippen LogP contribution in [0.3, 0.4) is 0 Å². The molecule has 0 saturated heterocycles. The summed E-state index contributed by atoms with van der Waals surface area (Å²) in [5.74, 6) is -0.513. The van der Waals surface area contributed by atoms with E-state index >= 15 is 0 Å². The summed E-state index contributed by atoms with van der Waals surface area (Å²) in [6.07, 6.45) is 1.76. The highest BCUT2D eigenvalue weighted by Crippen LogP contribution is 2.40. The quantitative estimate of drug-likeness (QED) is 0.365. The zero-order chi connectivity index (χ0) is 24.8. The second-order valence-electron chi connectivity index (χ2n) is 7.76. The van der Waals surface area contributed by atoms with Crippen molar-refractivity contribution in [2.45, 2.75) is 20.5 Å². The van der Waals surface area contributed by atoms with Crippen molar-refractivity contribution in [3.05, 3.63) is 112 Å². The number of rotatable bonds is 7. The normalized spacial score (nSPS) is 15.6. The summed E-state index contributed by atoms with van der Waals surface area (Å²) in [6, 6.07) is 21.2. The van der Waals surface area contributed by atoms with Gasteiger partial charge >= 0.3 is 5.97 Å². The number of hydrogen-bond acceptors (Lipinski definition) is 6. The third-order valence-electron chi connectivity index (χ3n) is 5.16. The van der Waals surface area contributed by atoms with E-state index in [1.54, 1.807) is 43.3 Å². The number of benzene rings is 3. The Labute approximate surface area is 207 Å². The molecule has 1 aliphatic rings. The molecule has 0 atom stereocenters. The summed E-state index contributed by atoms with van der Waals surface area (Å²) in [6.45, 7) is 3.99. The molecule has 1 N–H and O–H groups in total. The fourth-order valence-electron chi connectivity index (χ4n) is 3.32. The molecule has 3 aromatic carbocycles. The van der Waals surface area contributed by atoms with Gasteiger partial charge in [0.1, 0.15) is 34.5 Å². The van der Waals surface area contributed by atoms with Crippen molar-refractivity contribution < 1.29 is 23.8 Å². The highest BCUT2D eigenvalue weighted by atomic mass is 32.2. The molecular formula is C28H24FNO4S. The number of ether oxygens (including phenoxy) is 2. The fourth-order valence-corrected chi connectivity index (χ4v) is 4.35. The number of aliphatic imine (C=N–C) groups is 1. The topological polar surface area (TPSA) is 68.1 Å². The number of halogens is 1. The van der Waals surface area contributed by atoms with E-state index in [1.165, 1.54) is 17.8 Å². The average molecular weight is 490 g/mol. The Morgan fingerprint density at radius 2 is 1.77 bits per heavy atom. The molecule has 3 aromatic rings. The third kappa shape index (κ3) is 6.00. The van der Waals surface area contributed by atoms with E-state index in [2.05, 4.69) is 4.99 Å². The molecule has 0 radical (unpaired) electrons. The van der Waals surface area contributed by atoms with Gasteiger partial charge in [0.05, 0.1) is 17.2 Å². The Hall–Kier alpha value is -3.84. The van der Waals surface area contributed by atoms with Gasteiger partial charge in [-0.2, -0.15) is 0 Å². The number of carbonyl (C=O) groups excluding carboxylic acids is 1. The maximum atomic E-state index is 13.8. The van der Waals surface area contributed by atoms with E-state index in [9.17, 15) is 14.3 Å². The summed E-state index contributed by atoms with van der Waals surface area (Å²) in [5, 5.41) is 11.2. The molecule has 1 heterocycles. The van der Waals surface area contributed by atoms with Crippen LogP contribution in [0.4, 0.5) is 10.1 Å². The van der Waals surface area contributed by atoms with Gasteiger partial charge in [0, 0.05) is 5.56 Å². The molecule has 1 aliphatic heterocycles. The SMILES string of the molecule is CCOC(=O)C1=C(O)/C(=C\c2ccc(OCc3ccccc3F)cc2)SC1=Nc1ccc(C)cc1. The van der Waals surface area contributed by atoms with Gasteiger partial charge < -0.3 is 14.6 Å². The molecular weight excluding hydrogens is 465 g/mol. The molecule has 0 amide bonds. The Kier molecular flexibility index (Phi) is 7.67. The number of thioether (sulfide) groups is 1. The van der Waals surface area contributed by atoms with E-state index in [4.69, 9.17) is 9.47 Å². The van der Waals surface area contributed by atoms with Crippen LogP contribution < -0.4 is 4.74 Å². The molecule has 0 unspecified atom stereocenters. The Morgan fingerprint density at radius 3 is 2.46 bits per heavy atom. The van der Waals surface area contributed by atoms with Gasteiger partial charge in [-0.3, -0.25) is 0 Å². The molecule has 7 heteroatoms. The van der Waals surface area contributed by atoms with Gasteiger partial charge in [-0.1, -0.05) is 59.8 Å². The molecule has 178 valence electrons. The number of hydrogen-bond donors (Lipinski definition) is 1.